The molecule has 0 atom stereocenters. The summed E-state index contributed by atoms with van der Waals surface area (Å²) in [6, 6.07) is 1.73. The lowest BCUT2D eigenvalue weighted by Crippen LogP contribution is -2.10. The highest BCUT2D eigenvalue weighted by Gasteiger charge is 2.21. The Morgan fingerprint density at radius 2 is 2.05 bits per heavy atom. The fourth-order valence-electron chi connectivity index (χ4n) is 1.80. The van der Waals surface area contributed by atoms with E-state index >= 15 is 0 Å². The normalized spacial score (nSPS) is 10.2. The largest absolute Gasteiger partial charge is 0.359 e. The van der Waals surface area contributed by atoms with Gasteiger partial charge in [0.15, 0.2) is 0 Å². The number of aromatic nitrogens is 4. The van der Waals surface area contributed by atoms with E-state index in [9.17, 15) is 10.1 Å². The first kappa shape index (κ1) is 14.6. The highest BCUT2D eigenvalue weighted by Crippen LogP contribution is 2.26. The van der Waals surface area contributed by atoms with E-state index in [1.165, 1.54) is 0 Å². The lowest BCUT2D eigenvalue weighted by Gasteiger charge is -2.09. The molecule has 0 bridgehead atoms. The van der Waals surface area contributed by atoms with Crippen molar-refractivity contribution in [1.82, 2.24) is 19.9 Å². The van der Waals surface area contributed by atoms with Crippen LogP contribution < -0.4 is 10.6 Å². The van der Waals surface area contributed by atoms with Gasteiger partial charge in [-0.05, 0) is 19.9 Å². The van der Waals surface area contributed by atoms with Crippen LogP contribution in [0.2, 0.25) is 0 Å². The minimum Gasteiger partial charge on any atom is -0.359 e. The first-order chi connectivity index (χ1) is 10.0. The maximum Gasteiger partial charge on any atom is 0.332 e. The summed E-state index contributed by atoms with van der Waals surface area (Å²) in [4.78, 5) is 27.0. The Balaban J connectivity index is 2.29. The lowest BCUT2D eigenvalue weighted by molar-refractivity contribution is -0.385. The third-order valence-electron chi connectivity index (χ3n) is 2.74. The van der Waals surface area contributed by atoms with Crippen molar-refractivity contribution in [3.63, 3.8) is 0 Å². The van der Waals surface area contributed by atoms with E-state index in [2.05, 4.69) is 30.6 Å². The third-order valence-corrected chi connectivity index (χ3v) is 2.74. The molecule has 2 aromatic heterocycles. The molecule has 0 aliphatic carbocycles. The first-order valence-electron chi connectivity index (χ1n) is 6.24. The van der Waals surface area contributed by atoms with Gasteiger partial charge in [-0.25, -0.2) is 15.0 Å². The van der Waals surface area contributed by atoms with Crippen molar-refractivity contribution in [2.24, 2.45) is 0 Å². The molecule has 0 aliphatic heterocycles. The number of nitrogens with one attached hydrogen (secondary N) is 2. The van der Waals surface area contributed by atoms with E-state index in [0.717, 1.165) is 5.69 Å². The third kappa shape index (κ3) is 3.38. The zero-order valence-corrected chi connectivity index (χ0v) is 11.9. The Kier molecular flexibility index (Phi) is 4.21. The van der Waals surface area contributed by atoms with Gasteiger partial charge in [0.25, 0.3) is 0 Å². The van der Waals surface area contributed by atoms with Gasteiger partial charge in [0.1, 0.15) is 11.5 Å². The van der Waals surface area contributed by atoms with Crippen molar-refractivity contribution in [3.05, 3.63) is 39.6 Å². The maximum absolute atomic E-state index is 11.1. The molecule has 0 saturated carbocycles. The molecule has 0 saturated heterocycles. The van der Waals surface area contributed by atoms with E-state index in [4.69, 9.17) is 0 Å². The van der Waals surface area contributed by atoms with Gasteiger partial charge in [-0.1, -0.05) is 0 Å². The molecule has 9 nitrogen and oxygen atoms in total. The average molecular weight is 289 g/mol. The second kappa shape index (κ2) is 6.07. The standard InChI is InChI=1S/C12H15N7O2/c1-7-10(19(20)21)11(18-12(13-3)16-7)15-6-9-4-5-14-8(2)17-9/h4-5H,6H2,1-3H3,(H2,13,15,16,18). The summed E-state index contributed by atoms with van der Waals surface area (Å²) in [5, 5.41) is 16.8. The molecule has 0 amide bonds. The number of anilines is 2. The van der Waals surface area contributed by atoms with Crippen LogP contribution in [0.1, 0.15) is 17.2 Å². The Bertz CT molecular complexity index is 675. The zero-order chi connectivity index (χ0) is 15.4. The van der Waals surface area contributed by atoms with E-state index < -0.39 is 4.92 Å². The Morgan fingerprint density at radius 3 is 2.67 bits per heavy atom. The Morgan fingerprint density at radius 1 is 1.29 bits per heavy atom. The van der Waals surface area contributed by atoms with Crippen molar-refractivity contribution in [1.29, 1.82) is 0 Å². The van der Waals surface area contributed by atoms with Crippen LogP contribution in [0.15, 0.2) is 12.3 Å². The second-order valence-corrected chi connectivity index (χ2v) is 4.29. The number of nitrogens with zero attached hydrogens (tertiary/aromatic N) is 5. The van der Waals surface area contributed by atoms with Crippen LogP contribution in [0.25, 0.3) is 0 Å². The summed E-state index contributed by atoms with van der Waals surface area (Å²) in [5.41, 5.74) is 0.875. The van der Waals surface area contributed by atoms with Gasteiger partial charge in [0.2, 0.25) is 11.8 Å². The zero-order valence-electron chi connectivity index (χ0n) is 11.9. The van der Waals surface area contributed by atoms with Gasteiger partial charge >= 0.3 is 5.69 Å². The number of rotatable bonds is 5. The maximum atomic E-state index is 11.1. The van der Waals surface area contributed by atoms with Crippen molar-refractivity contribution in [3.8, 4) is 0 Å². The van der Waals surface area contributed by atoms with Gasteiger partial charge in [0, 0.05) is 13.2 Å². The minimum atomic E-state index is -0.498. The van der Waals surface area contributed by atoms with E-state index in [1.807, 2.05) is 0 Å². The molecule has 9 heteroatoms. The topological polar surface area (TPSA) is 119 Å². The second-order valence-electron chi connectivity index (χ2n) is 4.29. The van der Waals surface area contributed by atoms with Crippen molar-refractivity contribution in [2.45, 2.75) is 20.4 Å². The Labute approximate surface area is 121 Å². The summed E-state index contributed by atoms with van der Waals surface area (Å²) >= 11 is 0. The van der Waals surface area contributed by atoms with Crippen LogP contribution in [0, 0.1) is 24.0 Å². The van der Waals surface area contributed by atoms with Crippen molar-refractivity contribution >= 4 is 17.5 Å². The van der Waals surface area contributed by atoms with Crippen LogP contribution in [0.5, 0.6) is 0 Å². The molecule has 0 spiro atoms. The smallest absolute Gasteiger partial charge is 0.332 e. The molecule has 21 heavy (non-hydrogen) atoms. The summed E-state index contributed by atoms with van der Waals surface area (Å²) < 4.78 is 0. The number of nitro groups is 1. The number of aryl methyl sites for hydroxylation is 2. The minimum absolute atomic E-state index is 0.139. The van der Waals surface area contributed by atoms with Crippen LogP contribution in [0.3, 0.4) is 0 Å². The monoisotopic (exact) mass is 289 g/mol. The first-order valence-corrected chi connectivity index (χ1v) is 6.24. The Hall–Kier alpha value is -2.84. The highest BCUT2D eigenvalue weighted by molar-refractivity contribution is 5.60. The molecule has 2 rings (SSSR count). The highest BCUT2D eigenvalue weighted by atomic mass is 16.6. The van der Waals surface area contributed by atoms with Crippen LogP contribution in [0.4, 0.5) is 17.5 Å². The molecule has 0 aromatic carbocycles. The molecule has 110 valence electrons. The van der Waals surface area contributed by atoms with Crippen LogP contribution >= 0.6 is 0 Å². The summed E-state index contributed by atoms with van der Waals surface area (Å²) in [6.45, 7) is 3.66. The van der Waals surface area contributed by atoms with Gasteiger partial charge in [-0.2, -0.15) is 4.98 Å². The molecule has 2 N–H and O–H groups in total. The number of hydrogen-bond donors (Lipinski definition) is 2. The molecular formula is C12H15N7O2. The van der Waals surface area contributed by atoms with Gasteiger partial charge < -0.3 is 10.6 Å². The van der Waals surface area contributed by atoms with Crippen molar-refractivity contribution in [2.75, 3.05) is 17.7 Å². The summed E-state index contributed by atoms with van der Waals surface area (Å²) in [6.07, 6.45) is 1.64. The molecule has 0 unspecified atom stereocenters. The molecule has 0 fully saturated rings. The van der Waals surface area contributed by atoms with Crippen LogP contribution in [-0.2, 0) is 6.54 Å². The molecule has 0 radical (unpaired) electrons. The summed E-state index contributed by atoms with van der Waals surface area (Å²) in [7, 11) is 1.65. The lowest BCUT2D eigenvalue weighted by atomic mass is 10.3. The quantitative estimate of drug-likeness (QED) is 0.627. The van der Waals surface area contributed by atoms with Crippen molar-refractivity contribution < 1.29 is 4.92 Å². The molecule has 0 aliphatic rings. The predicted molar refractivity (Wildman–Crippen MR) is 77.1 cm³/mol. The fourth-order valence-corrected chi connectivity index (χ4v) is 1.80. The van der Waals surface area contributed by atoms with Crippen LogP contribution in [-0.4, -0.2) is 31.9 Å². The van der Waals surface area contributed by atoms with E-state index in [1.54, 1.807) is 33.2 Å². The molecule has 2 aromatic rings. The fraction of sp³-hybridized carbons (Fsp3) is 0.333. The van der Waals surface area contributed by atoms with Gasteiger partial charge in [-0.15, -0.1) is 0 Å². The van der Waals surface area contributed by atoms with Gasteiger partial charge in [-0.3, -0.25) is 10.1 Å². The molecule has 2 heterocycles. The van der Waals surface area contributed by atoms with E-state index in [0.29, 0.717) is 24.0 Å². The number of hydrogen-bond acceptors (Lipinski definition) is 8. The van der Waals surface area contributed by atoms with E-state index in [-0.39, 0.29) is 11.5 Å². The average Bonchev–Trinajstić information content (AvgIpc) is 2.44. The SMILES string of the molecule is CNc1nc(C)c([N+](=O)[O-])c(NCc2ccnc(C)n2)n1. The molecular weight excluding hydrogens is 274 g/mol. The predicted octanol–water partition coefficient (Wildman–Crippen LogP) is 1.45. The van der Waals surface area contributed by atoms with Gasteiger partial charge in [0.05, 0.1) is 17.2 Å². The summed E-state index contributed by atoms with van der Waals surface area (Å²) in [5.74, 6) is 1.12.